The monoisotopic (exact) mass is 226 g/mol. The van der Waals surface area contributed by atoms with Crippen LogP contribution in [0.3, 0.4) is 0 Å². The smallest absolute Gasteiger partial charge is 0.244 e. The molecular weight excluding hydrogens is 204 g/mol. The van der Waals surface area contributed by atoms with Crippen LogP contribution in [0, 0.1) is 5.41 Å². The lowest BCUT2D eigenvalue weighted by atomic mass is 9.87. The van der Waals surface area contributed by atoms with E-state index in [9.17, 15) is 0 Å². The molecule has 0 fully saturated rings. The molecule has 92 valence electrons. The minimum Gasteiger partial charge on any atom is -0.338 e. The summed E-state index contributed by atoms with van der Waals surface area (Å²) in [6.45, 7) is 7.08. The Morgan fingerprint density at radius 3 is 2.50 bits per heavy atom. The van der Waals surface area contributed by atoms with Crippen molar-refractivity contribution in [3.63, 3.8) is 0 Å². The predicted octanol–water partition coefficient (Wildman–Crippen LogP) is 1.22. The lowest BCUT2D eigenvalue weighted by Gasteiger charge is -2.23. The van der Waals surface area contributed by atoms with Gasteiger partial charge in [0, 0.05) is 13.0 Å². The zero-order valence-corrected chi connectivity index (χ0v) is 10.8. The first-order valence-electron chi connectivity index (χ1n) is 5.53. The summed E-state index contributed by atoms with van der Waals surface area (Å²) in [7, 11) is 4.03. The van der Waals surface area contributed by atoms with E-state index in [1.54, 1.807) is 0 Å². The van der Waals surface area contributed by atoms with Crippen LogP contribution < -0.4 is 5.73 Å². The van der Waals surface area contributed by atoms with Gasteiger partial charge in [0.1, 0.15) is 0 Å². The molecule has 0 bridgehead atoms. The Kier molecular flexibility index (Phi) is 4.04. The molecule has 0 radical (unpaired) electrons. The molecule has 2 N–H and O–H groups in total. The van der Waals surface area contributed by atoms with E-state index in [0.29, 0.717) is 5.89 Å². The highest BCUT2D eigenvalue weighted by molar-refractivity contribution is 4.96. The highest BCUT2D eigenvalue weighted by atomic mass is 16.5. The first-order valence-corrected chi connectivity index (χ1v) is 5.53. The maximum atomic E-state index is 6.03. The molecule has 1 aromatic rings. The van der Waals surface area contributed by atoms with Gasteiger partial charge in [0.2, 0.25) is 5.89 Å². The average molecular weight is 226 g/mol. The molecule has 5 nitrogen and oxygen atoms in total. The fourth-order valence-corrected chi connectivity index (χ4v) is 1.19. The van der Waals surface area contributed by atoms with E-state index in [4.69, 9.17) is 10.3 Å². The molecule has 0 aliphatic rings. The van der Waals surface area contributed by atoms with Gasteiger partial charge in [-0.1, -0.05) is 25.9 Å². The predicted molar refractivity (Wildman–Crippen MR) is 62.9 cm³/mol. The summed E-state index contributed by atoms with van der Waals surface area (Å²) in [5.41, 5.74) is 5.97. The van der Waals surface area contributed by atoms with Crippen molar-refractivity contribution in [3.8, 4) is 0 Å². The second kappa shape index (κ2) is 4.93. The zero-order chi connectivity index (χ0) is 12.3. The standard InChI is InChI=1S/C11H22N4O/c1-11(2,3)9(12)10-13-8(14-16-10)6-7-15(4)5/h9H,6-7,12H2,1-5H3. The lowest BCUT2D eigenvalue weighted by molar-refractivity contribution is 0.252. The highest BCUT2D eigenvalue weighted by Crippen LogP contribution is 2.29. The summed E-state index contributed by atoms with van der Waals surface area (Å²) in [5.74, 6) is 1.25. The van der Waals surface area contributed by atoms with Crippen LogP contribution in [0.2, 0.25) is 0 Å². The Hall–Kier alpha value is -0.940. The van der Waals surface area contributed by atoms with E-state index < -0.39 is 0 Å². The number of aromatic nitrogens is 2. The second-order valence-corrected chi connectivity index (χ2v) is 5.45. The van der Waals surface area contributed by atoms with Crippen molar-refractivity contribution in [2.24, 2.45) is 11.1 Å². The van der Waals surface area contributed by atoms with Crippen LogP contribution in [0.4, 0.5) is 0 Å². The lowest BCUT2D eigenvalue weighted by Crippen LogP contribution is -2.26. The minimum absolute atomic E-state index is 0.0641. The van der Waals surface area contributed by atoms with Crippen molar-refractivity contribution < 1.29 is 4.52 Å². The summed E-state index contributed by atoms with van der Waals surface area (Å²) in [4.78, 5) is 6.40. The first kappa shape index (κ1) is 13.1. The third kappa shape index (κ3) is 3.57. The van der Waals surface area contributed by atoms with Gasteiger partial charge in [0.15, 0.2) is 5.82 Å². The number of rotatable bonds is 4. The third-order valence-electron chi connectivity index (χ3n) is 2.47. The van der Waals surface area contributed by atoms with Crippen LogP contribution in [0.5, 0.6) is 0 Å². The molecule has 5 heteroatoms. The Bertz CT molecular complexity index is 327. The van der Waals surface area contributed by atoms with Crippen LogP contribution in [0.15, 0.2) is 4.52 Å². The maximum Gasteiger partial charge on any atom is 0.244 e. The van der Waals surface area contributed by atoms with Gasteiger partial charge in [-0.3, -0.25) is 0 Å². The first-order chi connectivity index (χ1) is 7.30. The SMILES string of the molecule is CN(C)CCc1noc(C(N)C(C)(C)C)n1. The zero-order valence-electron chi connectivity index (χ0n) is 10.8. The topological polar surface area (TPSA) is 68.2 Å². The van der Waals surface area contributed by atoms with Crippen LogP contribution in [-0.4, -0.2) is 35.7 Å². The average Bonchev–Trinajstić information content (AvgIpc) is 2.60. The van der Waals surface area contributed by atoms with E-state index >= 15 is 0 Å². The fraction of sp³-hybridized carbons (Fsp3) is 0.818. The summed E-state index contributed by atoms with van der Waals surface area (Å²) in [6, 6.07) is -0.215. The van der Waals surface area contributed by atoms with Gasteiger partial charge >= 0.3 is 0 Å². The molecular formula is C11H22N4O. The number of nitrogens with zero attached hydrogens (tertiary/aromatic N) is 3. The number of nitrogens with two attached hydrogens (primary N) is 1. The van der Waals surface area contributed by atoms with E-state index in [0.717, 1.165) is 18.8 Å². The van der Waals surface area contributed by atoms with Crippen molar-refractivity contribution >= 4 is 0 Å². The third-order valence-corrected chi connectivity index (χ3v) is 2.47. The van der Waals surface area contributed by atoms with Gasteiger partial charge in [0.25, 0.3) is 0 Å². The van der Waals surface area contributed by atoms with E-state index in [2.05, 4.69) is 35.8 Å². The van der Waals surface area contributed by atoms with Crippen LogP contribution in [-0.2, 0) is 6.42 Å². The summed E-state index contributed by atoms with van der Waals surface area (Å²) in [5, 5.41) is 3.93. The Morgan fingerprint density at radius 2 is 2.00 bits per heavy atom. The molecule has 0 aliphatic carbocycles. The van der Waals surface area contributed by atoms with Gasteiger partial charge in [0.05, 0.1) is 6.04 Å². The second-order valence-electron chi connectivity index (χ2n) is 5.45. The van der Waals surface area contributed by atoms with Crippen molar-refractivity contribution in [1.82, 2.24) is 15.0 Å². The van der Waals surface area contributed by atoms with Gasteiger partial charge in [-0.05, 0) is 19.5 Å². The molecule has 0 aliphatic heterocycles. The number of likely N-dealkylation sites (N-methyl/N-ethyl adjacent to an activating group) is 1. The summed E-state index contributed by atoms with van der Waals surface area (Å²) < 4.78 is 5.18. The molecule has 1 rings (SSSR count). The van der Waals surface area contributed by atoms with Gasteiger partial charge in [-0.25, -0.2) is 0 Å². The number of hydrogen-bond donors (Lipinski definition) is 1. The van der Waals surface area contributed by atoms with E-state index in [1.165, 1.54) is 0 Å². The van der Waals surface area contributed by atoms with Crippen LogP contribution in [0.25, 0.3) is 0 Å². The van der Waals surface area contributed by atoms with Crippen LogP contribution in [0.1, 0.15) is 38.5 Å². The highest BCUT2D eigenvalue weighted by Gasteiger charge is 2.27. The normalized spacial score (nSPS) is 14.4. The molecule has 0 amide bonds. The van der Waals surface area contributed by atoms with Gasteiger partial charge in [-0.15, -0.1) is 0 Å². The molecule has 0 aromatic carbocycles. The molecule has 1 atom stereocenters. The maximum absolute atomic E-state index is 6.03. The van der Waals surface area contributed by atoms with Crippen molar-refractivity contribution in [2.45, 2.75) is 33.2 Å². The van der Waals surface area contributed by atoms with E-state index in [1.807, 2.05) is 14.1 Å². The number of hydrogen-bond acceptors (Lipinski definition) is 5. The minimum atomic E-state index is -0.215. The summed E-state index contributed by atoms with van der Waals surface area (Å²) >= 11 is 0. The van der Waals surface area contributed by atoms with Gasteiger partial charge in [-0.2, -0.15) is 4.98 Å². The van der Waals surface area contributed by atoms with E-state index in [-0.39, 0.29) is 11.5 Å². The molecule has 0 spiro atoms. The van der Waals surface area contributed by atoms with Crippen molar-refractivity contribution in [1.29, 1.82) is 0 Å². The fourth-order valence-electron chi connectivity index (χ4n) is 1.19. The Morgan fingerprint density at radius 1 is 1.38 bits per heavy atom. The van der Waals surface area contributed by atoms with Crippen molar-refractivity contribution in [2.75, 3.05) is 20.6 Å². The molecule has 0 saturated carbocycles. The van der Waals surface area contributed by atoms with Crippen LogP contribution >= 0.6 is 0 Å². The van der Waals surface area contributed by atoms with Gasteiger partial charge < -0.3 is 15.2 Å². The van der Waals surface area contributed by atoms with Crippen molar-refractivity contribution in [3.05, 3.63) is 11.7 Å². The molecule has 1 aromatic heterocycles. The largest absolute Gasteiger partial charge is 0.338 e. The molecule has 16 heavy (non-hydrogen) atoms. The molecule has 0 saturated heterocycles. The summed E-state index contributed by atoms with van der Waals surface area (Å²) in [6.07, 6.45) is 0.785. The molecule has 1 heterocycles. The molecule has 1 unspecified atom stereocenters. The Labute approximate surface area is 97.0 Å². The quantitative estimate of drug-likeness (QED) is 0.836. The Balaban J connectivity index is 2.64.